The van der Waals surface area contributed by atoms with Crippen LogP contribution in [0.3, 0.4) is 0 Å². The van der Waals surface area contributed by atoms with Crippen LogP contribution in [0.25, 0.3) is 0 Å². The maximum Gasteiger partial charge on any atom is 0.146 e. The summed E-state index contributed by atoms with van der Waals surface area (Å²) in [7, 11) is 1.24. The van der Waals surface area contributed by atoms with Crippen LogP contribution in [0.4, 0.5) is 0 Å². The van der Waals surface area contributed by atoms with Gasteiger partial charge in [0.1, 0.15) is 6.79 Å². The van der Waals surface area contributed by atoms with E-state index in [1.54, 1.807) is 0 Å². The van der Waals surface area contributed by atoms with Crippen LogP contribution >= 0.6 is 23.2 Å². The minimum atomic E-state index is -2.78. The van der Waals surface area contributed by atoms with Gasteiger partial charge in [0, 0.05) is 24.3 Å². The molecule has 0 amide bonds. The van der Waals surface area contributed by atoms with Crippen molar-refractivity contribution in [1.82, 2.24) is 0 Å². The predicted octanol–water partition coefficient (Wildman–Crippen LogP) is 1.45. The highest BCUT2D eigenvalue weighted by Gasteiger charge is 2.03. The molecule has 0 aliphatic carbocycles. The van der Waals surface area contributed by atoms with Crippen LogP contribution in [0.2, 0.25) is 0 Å². The van der Waals surface area contributed by atoms with E-state index in [9.17, 15) is 0 Å². The van der Waals surface area contributed by atoms with Gasteiger partial charge in [-0.1, -0.05) is 0 Å². The summed E-state index contributed by atoms with van der Waals surface area (Å²) in [6.07, 6.45) is -2.75. The van der Waals surface area contributed by atoms with Crippen LogP contribution in [0.15, 0.2) is 0 Å². The summed E-state index contributed by atoms with van der Waals surface area (Å²) in [4.78, 5) is 0. The van der Waals surface area contributed by atoms with Gasteiger partial charge in [0.15, 0.2) is 0 Å². The Morgan fingerprint density at radius 1 is 1.67 bits per heavy atom. The zero-order chi connectivity index (χ0) is 11.6. The molecule has 2 nitrogen and oxygen atoms in total. The first-order valence-electron chi connectivity index (χ1n) is 4.57. The summed E-state index contributed by atoms with van der Waals surface area (Å²) < 4.78 is 44.6. The molecule has 0 aliphatic heterocycles. The molecule has 0 aliphatic rings. The summed E-state index contributed by atoms with van der Waals surface area (Å²) in [5.74, 6) is -5.56. The molecule has 0 rings (SSSR count). The van der Waals surface area contributed by atoms with Gasteiger partial charge in [-0.2, -0.15) is 0 Å². The van der Waals surface area contributed by atoms with Crippen molar-refractivity contribution in [2.45, 2.75) is 6.08 Å². The number of hydrogen-bond donors (Lipinski definition) is 0. The van der Waals surface area contributed by atoms with Crippen LogP contribution < -0.4 is 0 Å². The average Bonchev–Trinajstić information content (AvgIpc) is 1.95. The fourth-order valence-electron chi connectivity index (χ4n) is 0.190. The van der Waals surface area contributed by atoms with Gasteiger partial charge in [0.25, 0.3) is 0 Å². The molecule has 0 saturated heterocycles. The molecule has 0 spiro atoms. The van der Waals surface area contributed by atoms with Gasteiger partial charge in [-0.25, -0.2) is 0 Å². The van der Waals surface area contributed by atoms with E-state index in [4.69, 9.17) is 30.1 Å². The summed E-state index contributed by atoms with van der Waals surface area (Å²) in [6, 6.07) is 0. The van der Waals surface area contributed by atoms with Crippen molar-refractivity contribution >= 4 is 23.2 Å². The fourth-order valence-corrected chi connectivity index (χ4v) is 0.442. The highest BCUT2D eigenvalue weighted by molar-refractivity contribution is 6.21. The van der Waals surface area contributed by atoms with Gasteiger partial charge in [0.05, 0.1) is 7.45 Å². The highest BCUT2D eigenvalue weighted by Crippen LogP contribution is 1.97. The van der Waals surface area contributed by atoms with Gasteiger partial charge in [-0.3, -0.25) is 0 Å². The number of halogens is 2. The van der Waals surface area contributed by atoms with Crippen molar-refractivity contribution in [1.29, 1.82) is 0 Å². The number of hydrogen-bond acceptors (Lipinski definition) is 2. The maximum absolute atomic E-state index is 7.41. The van der Waals surface area contributed by atoms with E-state index in [1.165, 1.54) is 7.11 Å². The summed E-state index contributed by atoms with van der Waals surface area (Å²) in [5, 5.41) is 0. The van der Waals surface area contributed by atoms with Crippen molar-refractivity contribution in [2.24, 2.45) is 0 Å². The second-order valence-corrected chi connectivity index (χ2v) is 1.45. The molecule has 0 atom stereocenters. The molecule has 0 aromatic heterocycles. The molecule has 0 N–H and O–H groups in total. The lowest BCUT2D eigenvalue weighted by atomic mass is 10.5. The quantitative estimate of drug-likeness (QED) is 0.468. The minimum absolute atomic E-state index is 0.484. The molecule has 0 saturated carbocycles. The van der Waals surface area contributed by atoms with E-state index in [1.807, 2.05) is 0 Å². The molecular formula is C5H10Cl2O2. The molecule has 0 fully saturated rings. The number of alkyl halides is 2. The van der Waals surface area contributed by atoms with Crippen LogP contribution in [-0.4, -0.2) is 31.6 Å². The molecule has 0 unspecified atom stereocenters. The van der Waals surface area contributed by atoms with Crippen molar-refractivity contribution < 1.29 is 16.3 Å². The SMILES string of the molecule is [2H]C([2H])(Cl)C([2H])(OCOC)C([2H])([2H])Cl. The predicted molar refractivity (Wildman–Crippen MR) is 38.2 cm³/mol. The molecule has 0 heterocycles. The van der Waals surface area contributed by atoms with E-state index >= 15 is 0 Å². The molecule has 0 aromatic rings. The smallest absolute Gasteiger partial charge is 0.146 e. The van der Waals surface area contributed by atoms with Gasteiger partial charge in [0.2, 0.25) is 0 Å². The van der Waals surface area contributed by atoms with E-state index in [-0.39, 0.29) is 0 Å². The lowest BCUT2D eigenvalue weighted by Crippen LogP contribution is -2.17. The Balaban J connectivity index is 4.87. The van der Waals surface area contributed by atoms with Crippen LogP contribution in [0, 0.1) is 0 Å². The average molecular weight is 178 g/mol. The third-order valence-corrected chi connectivity index (χ3v) is 0.836. The number of ether oxygens (including phenoxy) is 2. The second-order valence-electron chi connectivity index (χ2n) is 1.07. The molecule has 4 heteroatoms. The molecule has 9 heavy (non-hydrogen) atoms. The number of rotatable bonds is 5. The largest absolute Gasteiger partial charge is 0.359 e. The molecule has 0 bridgehead atoms. The Morgan fingerprint density at radius 2 is 2.22 bits per heavy atom. The van der Waals surface area contributed by atoms with E-state index in [0.717, 1.165) is 0 Å². The molecule has 56 valence electrons. The summed E-state index contributed by atoms with van der Waals surface area (Å²) in [6.45, 7) is -0.484. The first-order chi connectivity index (χ1) is 6.06. The standard InChI is InChI=1S/C5H10Cl2O2/c1-8-4-9-5(2-6)3-7/h5H,2-4H2,1H3/i2D2,3D2,5D. The monoisotopic (exact) mass is 177 g/mol. The van der Waals surface area contributed by atoms with Gasteiger partial charge < -0.3 is 9.47 Å². The third-order valence-electron chi connectivity index (χ3n) is 0.493. The number of methoxy groups -OCH3 is 1. The maximum atomic E-state index is 7.41. The van der Waals surface area contributed by atoms with E-state index in [0.29, 0.717) is 0 Å². The zero-order valence-electron chi connectivity index (χ0n) is 9.78. The van der Waals surface area contributed by atoms with Crippen molar-refractivity contribution in [3.8, 4) is 0 Å². The lowest BCUT2D eigenvalue weighted by molar-refractivity contribution is -0.0564. The fraction of sp³-hybridized carbons (Fsp3) is 1.00. The minimum Gasteiger partial charge on any atom is -0.359 e. The third kappa shape index (κ3) is 4.97. The Kier molecular flexibility index (Phi) is 2.77. The zero-order valence-corrected chi connectivity index (χ0v) is 6.29. The van der Waals surface area contributed by atoms with E-state index < -0.39 is 24.5 Å². The van der Waals surface area contributed by atoms with Crippen molar-refractivity contribution in [3.05, 3.63) is 0 Å². The normalized spacial score (nSPS) is 23.2. The van der Waals surface area contributed by atoms with Crippen LogP contribution in [0.5, 0.6) is 0 Å². The highest BCUT2D eigenvalue weighted by atomic mass is 35.5. The molecule has 0 aromatic carbocycles. The van der Waals surface area contributed by atoms with Crippen molar-refractivity contribution in [2.75, 3.05) is 25.6 Å². The van der Waals surface area contributed by atoms with Crippen LogP contribution in [-0.2, 0) is 9.47 Å². The van der Waals surface area contributed by atoms with Gasteiger partial charge in [-0.05, 0) is 0 Å². The topological polar surface area (TPSA) is 18.5 Å². The first-order valence-corrected chi connectivity index (χ1v) is 2.82. The molecular weight excluding hydrogens is 163 g/mol. The van der Waals surface area contributed by atoms with Gasteiger partial charge in [-0.15, -0.1) is 23.2 Å². The Morgan fingerprint density at radius 3 is 2.56 bits per heavy atom. The summed E-state index contributed by atoms with van der Waals surface area (Å²) >= 11 is 10.4. The summed E-state index contributed by atoms with van der Waals surface area (Å²) in [5.41, 5.74) is 0. The Bertz CT molecular complexity index is 176. The second kappa shape index (κ2) is 6.62. The lowest BCUT2D eigenvalue weighted by Gasteiger charge is -2.09. The van der Waals surface area contributed by atoms with Gasteiger partial charge >= 0.3 is 0 Å². The van der Waals surface area contributed by atoms with E-state index in [2.05, 4.69) is 9.47 Å². The van der Waals surface area contributed by atoms with Crippen molar-refractivity contribution in [3.63, 3.8) is 0 Å². The Hall–Kier alpha value is 0.500. The first kappa shape index (κ1) is 3.77. The molecule has 0 radical (unpaired) electrons. The van der Waals surface area contributed by atoms with Crippen LogP contribution in [0.1, 0.15) is 6.85 Å². The Labute approximate surface area is 72.1 Å².